The Morgan fingerprint density at radius 1 is 1.25 bits per heavy atom. The Kier molecular flexibility index (Phi) is 7.26. The number of nitrogens with one attached hydrogen (secondary N) is 2. The SMILES string of the molecule is CC(Nc1cc(-c2cnc(NC(=O)C3CC3)cn2)cnc1C#N)C(=O)N(CC#N)CCO. The molecule has 1 unspecified atom stereocenters. The van der Waals surface area contributed by atoms with Crippen molar-refractivity contribution in [3.63, 3.8) is 0 Å². The Morgan fingerprint density at radius 3 is 2.62 bits per heavy atom. The van der Waals surface area contributed by atoms with Gasteiger partial charge in [-0.15, -0.1) is 0 Å². The Bertz CT molecular complexity index is 1070. The van der Waals surface area contributed by atoms with Gasteiger partial charge in [0.2, 0.25) is 11.8 Å². The molecule has 0 spiro atoms. The number of anilines is 2. The van der Waals surface area contributed by atoms with E-state index in [2.05, 4.69) is 25.6 Å². The molecular weight excluding hydrogens is 412 g/mol. The van der Waals surface area contributed by atoms with E-state index in [-0.39, 0.29) is 37.2 Å². The molecular formula is C21H22N8O3. The number of aliphatic hydroxyl groups excluding tert-OH is 1. The van der Waals surface area contributed by atoms with E-state index in [1.807, 2.05) is 12.1 Å². The molecule has 1 saturated carbocycles. The van der Waals surface area contributed by atoms with E-state index >= 15 is 0 Å². The van der Waals surface area contributed by atoms with Crippen LogP contribution in [0.25, 0.3) is 11.3 Å². The molecule has 3 N–H and O–H groups in total. The number of hydrogen-bond donors (Lipinski definition) is 3. The molecule has 2 aromatic heterocycles. The summed E-state index contributed by atoms with van der Waals surface area (Å²) in [4.78, 5) is 38.3. The largest absolute Gasteiger partial charge is 0.395 e. The van der Waals surface area contributed by atoms with E-state index in [1.165, 1.54) is 23.5 Å². The summed E-state index contributed by atoms with van der Waals surface area (Å²) in [5.41, 5.74) is 1.44. The molecule has 1 fully saturated rings. The molecule has 2 aromatic rings. The second-order valence-electron chi connectivity index (χ2n) is 7.29. The first-order valence-corrected chi connectivity index (χ1v) is 10.0. The van der Waals surface area contributed by atoms with Crippen molar-refractivity contribution in [3.05, 3.63) is 30.4 Å². The fraction of sp³-hybridized carbons (Fsp3) is 0.381. The van der Waals surface area contributed by atoms with Crippen molar-refractivity contribution < 1.29 is 14.7 Å². The van der Waals surface area contributed by atoms with Crippen LogP contribution in [0.3, 0.4) is 0 Å². The lowest BCUT2D eigenvalue weighted by Gasteiger charge is -2.24. The zero-order valence-electron chi connectivity index (χ0n) is 17.4. The Hall–Kier alpha value is -4.09. The summed E-state index contributed by atoms with van der Waals surface area (Å²) >= 11 is 0. The molecule has 164 valence electrons. The summed E-state index contributed by atoms with van der Waals surface area (Å²) < 4.78 is 0. The fourth-order valence-electron chi connectivity index (χ4n) is 2.96. The van der Waals surface area contributed by atoms with Crippen LogP contribution in [0, 0.1) is 28.6 Å². The summed E-state index contributed by atoms with van der Waals surface area (Å²) in [6.07, 6.45) is 6.18. The summed E-state index contributed by atoms with van der Waals surface area (Å²) in [5.74, 6) is -0.0559. The first-order chi connectivity index (χ1) is 15.5. The van der Waals surface area contributed by atoms with E-state index in [0.29, 0.717) is 22.8 Å². The van der Waals surface area contributed by atoms with Crippen LogP contribution in [0.4, 0.5) is 11.5 Å². The van der Waals surface area contributed by atoms with Crippen LogP contribution in [0.2, 0.25) is 0 Å². The van der Waals surface area contributed by atoms with Gasteiger partial charge in [-0.2, -0.15) is 10.5 Å². The van der Waals surface area contributed by atoms with Crippen molar-refractivity contribution in [2.24, 2.45) is 5.92 Å². The molecule has 2 amide bonds. The predicted octanol–water partition coefficient (Wildman–Crippen LogP) is 0.904. The van der Waals surface area contributed by atoms with Crippen molar-refractivity contribution in [3.8, 4) is 23.4 Å². The van der Waals surface area contributed by atoms with Gasteiger partial charge in [0, 0.05) is 24.2 Å². The molecule has 3 rings (SSSR count). The highest BCUT2D eigenvalue weighted by molar-refractivity contribution is 5.93. The second kappa shape index (κ2) is 10.3. The predicted molar refractivity (Wildman–Crippen MR) is 114 cm³/mol. The third-order valence-electron chi connectivity index (χ3n) is 4.83. The third-order valence-corrected chi connectivity index (χ3v) is 4.83. The number of carbonyl (C=O) groups excluding carboxylic acids is 2. The highest BCUT2D eigenvalue weighted by Crippen LogP contribution is 2.30. The average molecular weight is 434 g/mol. The summed E-state index contributed by atoms with van der Waals surface area (Å²) in [6, 6.07) is 4.72. The number of rotatable bonds is 9. The number of nitrogens with zero attached hydrogens (tertiary/aromatic N) is 6. The number of aromatic nitrogens is 3. The lowest BCUT2D eigenvalue weighted by atomic mass is 10.1. The number of pyridine rings is 1. The van der Waals surface area contributed by atoms with Crippen molar-refractivity contribution in [1.82, 2.24) is 19.9 Å². The van der Waals surface area contributed by atoms with Gasteiger partial charge in [-0.3, -0.25) is 14.6 Å². The molecule has 11 nitrogen and oxygen atoms in total. The van der Waals surface area contributed by atoms with Crippen molar-refractivity contribution in [1.29, 1.82) is 10.5 Å². The second-order valence-corrected chi connectivity index (χ2v) is 7.29. The number of nitriles is 2. The average Bonchev–Trinajstić information content (AvgIpc) is 3.64. The highest BCUT2D eigenvalue weighted by Gasteiger charge is 2.29. The van der Waals surface area contributed by atoms with Crippen LogP contribution in [0.1, 0.15) is 25.5 Å². The highest BCUT2D eigenvalue weighted by atomic mass is 16.3. The van der Waals surface area contributed by atoms with Crippen molar-refractivity contribution in [2.75, 3.05) is 30.3 Å². The van der Waals surface area contributed by atoms with Crippen LogP contribution in [-0.2, 0) is 9.59 Å². The first kappa shape index (κ1) is 22.6. The molecule has 0 aromatic carbocycles. The first-order valence-electron chi connectivity index (χ1n) is 10.0. The molecule has 2 heterocycles. The fourth-order valence-corrected chi connectivity index (χ4v) is 2.96. The maximum Gasteiger partial charge on any atom is 0.245 e. The quantitative estimate of drug-likeness (QED) is 0.486. The molecule has 1 atom stereocenters. The number of hydrogen-bond acceptors (Lipinski definition) is 9. The van der Waals surface area contributed by atoms with E-state index in [1.54, 1.807) is 13.0 Å². The molecule has 0 radical (unpaired) electrons. The smallest absolute Gasteiger partial charge is 0.245 e. The Morgan fingerprint density at radius 2 is 2.03 bits per heavy atom. The lowest BCUT2D eigenvalue weighted by molar-refractivity contribution is -0.131. The zero-order valence-corrected chi connectivity index (χ0v) is 17.4. The number of carbonyl (C=O) groups is 2. The topological polar surface area (TPSA) is 168 Å². The van der Waals surface area contributed by atoms with Crippen LogP contribution in [-0.4, -0.2) is 62.5 Å². The zero-order chi connectivity index (χ0) is 23.1. The minimum atomic E-state index is -0.773. The van der Waals surface area contributed by atoms with Gasteiger partial charge < -0.3 is 20.6 Å². The van der Waals surface area contributed by atoms with Gasteiger partial charge in [0.05, 0.1) is 36.5 Å². The van der Waals surface area contributed by atoms with Crippen LogP contribution >= 0.6 is 0 Å². The number of amides is 2. The molecule has 0 saturated heterocycles. The summed E-state index contributed by atoms with van der Waals surface area (Å²) in [5, 5.41) is 33.1. The lowest BCUT2D eigenvalue weighted by Crippen LogP contribution is -2.43. The normalized spacial score (nSPS) is 13.4. The van der Waals surface area contributed by atoms with Crippen LogP contribution < -0.4 is 10.6 Å². The van der Waals surface area contributed by atoms with Crippen molar-refractivity contribution in [2.45, 2.75) is 25.8 Å². The van der Waals surface area contributed by atoms with Gasteiger partial charge in [-0.1, -0.05) is 0 Å². The maximum atomic E-state index is 12.6. The number of aliphatic hydroxyl groups is 1. The van der Waals surface area contributed by atoms with Gasteiger partial charge in [0.15, 0.2) is 11.5 Å². The standard InChI is InChI=1S/C21H22N8O3/c1-13(21(32)29(5-4-22)6-7-30)27-16-8-15(10-24-17(16)9-23)18-11-26-19(12-25-18)28-20(31)14-2-3-14/h8,10-14,27,30H,2-3,5-7H2,1H3,(H,26,28,31). The molecule has 1 aliphatic rings. The van der Waals surface area contributed by atoms with E-state index in [4.69, 9.17) is 10.4 Å². The van der Waals surface area contributed by atoms with Gasteiger partial charge in [-0.25, -0.2) is 9.97 Å². The molecule has 11 heteroatoms. The van der Waals surface area contributed by atoms with Crippen molar-refractivity contribution >= 4 is 23.3 Å². The Labute approximate surface area is 184 Å². The summed E-state index contributed by atoms with van der Waals surface area (Å²) in [6.45, 7) is 1.19. The molecule has 0 aliphatic heterocycles. The van der Waals surface area contributed by atoms with Gasteiger partial charge in [0.25, 0.3) is 0 Å². The maximum absolute atomic E-state index is 12.6. The monoisotopic (exact) mass is 434 g/mol. The van der Waals surface area contributed by atoms with E-state index in [0.717, 1.165) is 12.8 Å². The third kappa shape index (κ3) is 5.53. The minimum absolute atomic E-state index is 0.0288. The van der Waals surface area contributed by atoms with E-state index in [9.17, 15) is 14.9 Å². The van der Waals surface area contributed by atoms with Gasteiger partial charge in [-0.05, 0) is 25.8 Å². The minimum Gasteiger partial charge on any atom is -0.395 e. The van der Waals surface area contributed by atoms with Crippen LogP contribution in [0.15, 0.2) is 24.7 Å². The summed E-state index contributed by atoms with van der Waals surface area (Å²) in [7, 11) is 0. The molecule has 32 heavy (non-hydrogen) atoms. The van der Waals surface area contributed by atoms with Crippen LogP contribution in [0.5, 0.6) is 0 Å². The Balaban J connectivity index is 1.76. The van der Waals surface area contributed by atoms with Gasteiger partial charge in [0.1, 0.15) is 18.7 Å². The van der Waals surface area contributed by atoms with E-state index < -0.39 is 11.9 Å². The van der Waals surface area contributed by atoms with Gasteiger partial charge >= 0.3 is 0 Å². The molecule has 1 aliphatic carbocycles. The molecule has 0 bridgehead atoms.